The van der Waals surface area contributed by atoms with Crippen LogP contribution in [-0.2, 0) is 5.41 Å². The van der Waals surface area contributed by atoms with Gasteiger partial charge >= 0.3 is 6.03 Å². The Morgan fingerprint density at radius 2 is 2.14 bits per heavy atom. The van der Waals surface area contributed by atoms with Crippen LogP contribution >= 0.6 is 0 Å². The minimum Gasteiger partial charge on any atom is -0.393 e. The number of amides is 2. The Bertz CT molecular complexity index is 511. The molecule has 120 valence electrons. The van der Waals surface area contributed by atoms with E-state index in [1.54, 1.807) is 0 Å². The fourth-order valence-corrected chi connectivity index (χ4v) is 3.45. The maximum Gasteiger partial charge on any atom is 0.317 e. The number of benzene rings is 1. The molecule has 0 radical (unpaired) electrons. The lowest BCUT2D eigenvalue weighted by atomic mass is 9.93. The second-order valence-corrected chi connectivity index (χ2v) is 6.89. The number of nitrogens with zero attached hydrogens (tertiary/aromatic N) is 1. The minimum atomic E-state index is -0.338. The number of aliphatic hydroxyl groups excluding tert-OH is 1. The van der Waals surface area contributed by atoms with Gasteiger partial charge in [0.15, 0.2) is 0 Å². The number of hydrogen-bond acceptors (Lipinski definition) is 2. The number of piperidine rings is 1. The van der Waals surface area contributed by atoms with E-state index < -0.39 is 0 Å². The van der Waals surface area contributed by atoms with Crippen LogP contribution in [0.5, 0.6) is 0 Å². The number of nitrogens with one attached hydrogen (secondary N) is 1. The molecular weight excluding hydrogens is 276 g/mol. The molecule has 4 nitrogen and oxygen atoms in total. The molecule has 2 aliphatic rings. The van der Waals surface area contributed by atoms with Crippen LogP contribution in [0.15, 0.2) is 30.3 Å². The van der Waals surface area contributed by atoms with E-state index in [9.17, 15) is 9.90 Å². The van der Waals surface area contributed by atoms with E-state index in [2.05, 4.69) is 29.6 Å². The highest BCUT2D eigenvalue weighted by Gasteiger charge is 2.44. The second kappa shape index (κ2) is 6.29. The molecule has 2 fully saturated rings. The van der Waals surface area contributed by atoms with Crippen LogP contribution in [0.2, 0.25) is 0 Å². The quantitative estimate of drug-likeness (QED) is 0.898. The van der Waals surface area contributed by atoms with Gasteiger partial charge < -0.3 is 15.3 Å². The molecule has 4 heteroatoms. The van der Waals surface area contributed by atoms with Gasteiger partial charge in [-0.15, -0.1) is 0 Å². The van der Waals surface area contributed by atoms with Crippen LogP contribution in [0.4, 0.5) is 4.79 Å². The predicted molar refractivity (Wildman–Crippen MR) is 86.7 cm³/mol. The molecule has 1 saturated carbocycles. The van der Waals surface area contributed by atoms with Gasteiger partial charge in [-0.25, -0.2) is 4.79 Å². The molecule has 1 heterocycles. The number of carbonyl (C=O) groups excluding carboxylic acids is 1. The van der Waals surface area contributed by atoms with E-state index in [0.717, 1.165) is 32.2 Å². The Balaban J connectivity index is 1.54. The van der Waals surface area contributed by atoms with Gasteiger partial charge in [0.1, 0.15) is 0 Å². The van der Waals surface area contributed by atoms with Crippen molar-refractivity contribution in [3.63, 3.8) is 0 Å². The fourth-order valence-electron chi connectivity index (χ4n) is 3.45. The maximum atomic E-state index is 12.4. The first-order valence-electron chi connectivity index (χ1n) is 8.37. The maximum absolute atomic E-state index is 12.4. The van der Waals surface area contributed by atoms with E-state index in [4.69, 9.17) is 0 Å². The van der Waals surface area contributed by atoms with Crippen LogP contribution in [0, 0.1) is 5.92 Å². The third-order valence-electron chi connectivity index (χ3n) is 5.24. The molecule has 3 rings (SSSR count). The summed E-state index contributed by atoms with van der Waals surface area (Å²) < 4.78 is 0. The van der Waals surface area contributed by atoms with E-state index in [-0.39, 0.29) is 23.5 Å². The summed E-state index contributed by atoms with van der Waals surface area (Å²) in [4.78, 5) is 14.3. The molecule has 1 aliphatic carbocycles. The van der Waals surface area contributed by atoms with Crippen LogP contribution in [-0.4, -0.2) is 41.8 Å². The Hall–Kier alpha value is -1.55. The number of urea groups is 1. The number of carbonyl (C=O) groups is 1. The summed E-state index contributed by atoms with van der Waals surface area (Å²) in [5, 5.41) is 12.9. The first-order chi connectivity index (χ1) is 10.6. The summed E-state index contributed by atoms with van der Waals surface area (Å²) in [5.74, 6) is 0.212. The monoisotopic (exact) mass is 302 g/mol. The summed E-state index contributed by atoms with van der Waals surface area (Å²) in [5.41, 5.74) is 1.48. The average molecular weight is 302 g/mol. The molecule has 2 N–H and O–H groups in total. The van der Waals surface area contributed by atoms with Gasteiger partial charge in [-0.1, -0.05) is 30.3 Å². The third-order valence-corrected chi connectivity index (χ3v) is 5.24. The van der Waals surface area contributed by atoms with Crippen molar-refractivity contribution in [1.82, 2.24) is 10.2 Å². The smallest absolute Gasteiger partial charge is 0.317 e. The van der Waals surface area contributed by atoms with Crippen molar-refractivity contribution in [2.45, 2.75) is 44.1 Å². The summed E-state index contributed by atoms with van der Waals surface area (Å²) in [7, 11) is 0. The molecule has 1 aromatic carbocycles. The Morgan fingerprint density at radius 3 is 2.77 bits per heavy atom. The zero-order chi connectivity index (χ0) is 15.6. The second-order valence-electron chi connectivity index (χ2n) is 6.89. The average Bonchev–Trinajstić information content (AvgIpc) is 3.35. The minimum absolute atomic E-state index is 0.0209. The molecule has 1 aliphatic heterocycles. The van der Waals surface area contributed by atoms with Crippen molar-refractivity contribution in [3.8, 4) is 0 Å². The molecule has 1 saturated heterocycles. The number of hydrogen-bond donors (Lipinski definition) is 2. The summed E-state index contributed by atoms with van der Waals surface area (Å²) in [6.07, 6.45) is 3.94. The number of aliphatic hydroxyl groups is 1. The number of rotatable bonds is 4. The van der Waals surface area contributed by atoms with E-state index >= 15 is 0 Å². The highest BCUT2D eigenvalue weighted by molar-refractivity contribution is 5.74. The number of likely N-dealkylation sites (tertiary alicyclic amines) is 1. The van der Waals surface area contributed by atoms with E-state index in [1.165, 1.54) is 5.56 Å². The highest BCUT2D eigenvalue weighted by atomic mass is 16.3. The molecule has 22 heavy (non-hydrogen) atoms. The third kappa shape index (κ3) is 3.27. The molecule has 0 spiro atoms. The van der Waals surface area contributed by atoms with Crippen LogP contribution in [0.3, 0.4) is 0 Å². The van der Waals surface area contributed by atoms with Gasteiger partial charge in [-0.3, -0.25) is 0 Å². The topological polar surface area (TPSA) is 52.6 Å². The summed E-state index contributed by atoms with van der Waals surface area (Å²) in [6, 6.07) is 10.5. The molecule has 2 amide bonds. The largest absolute Gasteiger partial charge is 0.393 e. The van der Waals surface area contributed by atoms with Crippen molar-refractivity contribution in [3.05, 3.63) is 35.9 Å². The van der Waals surface area contributed by atoms with E-state index in [0.29, 0.717) is 13.1 Å². The van der Waals surface area contributed by atoms with Gasteiger partial charge in [0, 0.05) is 31.0 Å². The molecule has 2 atom stereocenters. The Labute approximate surface area is 132 Å². The van der Waals surface area contributed by atoms with Crippen molar-refractivity contribution in [1.29, 1.82) is 0 Å². The molecular formula is C18H26N2O2. The van der Waals surface area contributed by atoms with Crippen molar-refractivity contribution < 1.29 is 9.90 Å². The van der Waals surface area contributed by atoms with Gasteiger partial charge in [0.2, 0.25) is 0 Å². The van der Waals surface area contributed by atoms with Crippen LogP contribution in [0.1, 0.15) is 38.2 Å². The van der Waals surface area contributed by atoms with E-state index in [1.807, 2.05) is 17.9 Å². The summed E-state index contributed by atoms with van der Waals surface area (Å²) in [6.45, 7) is 4.00. The van der Waals surface area contributed by atoms with Gasteiger partial charge in [0.05, 0.1) is 6.10 Å². The Kier molecular flexibility index (Phi) is 4.39. The zero-order valence-corrected chi connectivity index (χ0v) is 13.3. The standard InChI is InChI=1S/C18H26N2O2/c1-14(21)15-6-5-11-20(12-15)17(22)19-13-18(9-10-18)16-7-3-2-4-8-16/h2-4,7-8,14-15,21H,5-6,9-13H2,1H3,(H,19,22). The highest BCUT2D eigenvalue weighted by Crippen LogP contribution is 2.47. The normalized spacial score (nSPS) is 24.6. The summed E-state index contributed by atoms with van der Waals surface area (Å²) >= 11 is 0. The van der Waals surface area contributed by atoms with Crippen molar-refractivity contribution in [2.75, 3.05) is 19.6 Å². The lowest BCUT2D eigenvalue weighted by Crippen LogP contribution is -2.48. The first kappa shape index (κ1) is 15.3. The van der Waals surface area contributed by atoms with Crippen LogP contribution < -0.4 is 5.32 Å². The van der Waals surface area contributed by atoms with Crippen molar-refractivity contribution >= 4 is 6.03 Å². The lowest BCUT2D eigenvalue weighted by molar-refractivity contribution is 0.0738. The predicted octanol–water partition coefficient (Wildman–Crippen LogP) is 2.52. The van der Waals surface area contributed by atoms with Gasteiger partial charge in [-0.2, -0.15) is 0 Å². The van der Waals surface area contributed by atoms with Crippen LogP contribution in [0.25, 0.3) is 0 Å². The molecule has 0 aromatic heterocycles. The van der Waals surface area contributed by atoms with Gasteiger partial charge in [-0.05, 0) is 38.2 Å². The fraction of sp³-hybridized carbons (Fsp3) is 0.611. The van der Waals surface area contributed by atoms with Crippen molar-refractivity contribution in [2.24, 2.45) is 5.92 Å². The Morgan fingerprint density at radius 1 is 1.41 bits per heavy atom. The SMILES string of the molecule is CC(O)C1CCCN(C(=O)NCC2(c3ccccc3)CC2)C1. The molecule has 0 bridgehead atoms. The van der Waals surface area contributed by atoms with Gasteiger partial charge in [0.25, 0.3) is 0 Å². The lowest BCUT2D eigenvalue weighted by Gasteiger charge is -2.34. The zero-order valence-electron chi connectivity index (χ0n) is 13.3. The molecule has 1 aromatic rings. The molecule has 2 unspecified atom stereocenters. The first-order valence-corrected chi connectivity index (χ1v) is 8.37.